The van der Waals surface area contributed by atoms with Gasteiger partial charge in [0.25, 0.3) is 0 Å². The normalized spacial score (nSPS) is 10.5. The molecule has 0 N–H and O–H groups in total. The second-order valence-electron chi connectivity index (χ2n) is 3.25. The van der Waals surface area contributed by atoms with Gasteiger partial charge >= 0.3 is 0 Å². The maximum atomic E-state index is 4.99. The third-order valence-electron chi connectivity index (χ3n) is 1.73. The first kappa shape index (κ1) is 10.3. The van der Waals surface area contributed by atoms with Crippen LogP contribution in [0.5, 0.6) is 0 Å². The van der Waals surface area contributed by atoms with Crippen LogP contribution >= 0.6 is 11.3 Å². The van der Waals surface area contributed by atoms with E-state index in [1.165, 1.54) is 5.01 Å². The second kappa shape index (κ2) is 4.42. The van der Waals surface area contributed by atoms with Gasteiger partial charge in [-0.05, 0) is 0 Å². The standard InChI is InChI=1S/C10H15NOS/c1-7(2)10-11-9(6-13-10)5-8(3)12-4/h6-7H,3,5H2,1-2,4H3. The maximum absolute atomic E-state index is 4.99. The molecule has 0 atom stereocenters. The van der Waals surface area contributed by atoms with E-state index in [1.807, 2.05) is 0 Å². The van der Waals surface area contributed by atoms with Crippen LogP contribution in [0, 0.1) is 0 Å². The lowest BCUT2D eigenvalue weighted by Gasteiger charge is -2.00. The van der Waals surface area contributed by atoms with Crippen molar-refractivity contribution in [1.82, 2.24) is 4.98 Å². The molecule has 0 aliphatic rings. The van der Waals surface area contributed by atoms with Gasteiger partial charge in [-0.15, -0.1) is 11.3 Å². The minimum absolute atomic E-state index is 0.509. The van der Waals surface area contributed by atoms with Gasteiger partial charge in [-0.3, -0.25) is 0 Å². The lowest BCUT2D eigenvalue weighted by atomic mass is 10.2. The van der Waals surface area contributed by atoms with Crippen LogP contribution in [0.1, 0.15) is 30.5 Å². The Kier molecular flexibility index (Phi) is 3.48. The fraction of sp³-hybridized carbons (Fsp3) is 0.500. The Bertz CT molecular complexity index is 291. The van der Waals surface area contributed by atoms with Crippen molar-refractivity contribution in [2.45, 2.75) is 26.2 Å². The average Bonchev–Trinajstić information content (AvgIpc) is 2.52. The predicted octanol–water partition coefficient (Wildman–Crippen LogP) is 2.97. The second-order valence-corrected chi connectivity index (χ2v) is 4.14. The fourth-order valence-corrected chi connectivity index (χ4v) is 1.78. The Hall–Kier alpha value is -0.830. The van der Waals surface area contributed by atoms with Crippen LogP contribution in [0.15, 0.2) is 17.7 Å². The Morgan fingerprint density at radius 1 is 1.69 bits per heavy atom. The smallest absolute Gasteiger partial charge is 0.0953 e. The summed E-state index contributed by atoms with van der Waals surface area (Å²) in [5.74, 6) is 1.27. The third-order valence-corrected chi connectivity index (χ3v) is 2.92. The van der Waals surface area contributed by atoms with E-state index >= 15 is 0 Å². The molecule has 0 radical (unpaired) electrons. The molecule has 0 aromatic carbocycles. The lowest BCUT2D eigenvalue weighted by molar-refractivity contribution is 0.284. The van der Waals surface area contributed by atoms with Crippen LogP contribution in [-0.2, 0) is 11.2 Å². The van der Waals surface area contributed by atoms with Crippen LogP contribution < -0.4 is 0 Å². The summed E-state index contributed by atoms with van der Waals surface area (Å²) in [5, 5.41) is 3.25. The summed E-state index contributed by atoms with van der Waals surface area (Å²) >= 11 is 1.70. The monoisotopic (exact) mass is 197 g/mol. The van der Waals surface area contributed by atoms with Gasteiger partial charge in [0.15, 0.2) is 0 Å². The molecule has 0 aliphatic heterocycles. The number of nitrogens with zero attached hydrogens (tertiary/aromatic N) is 1. The SMILES string of the molecule is C=C(Cc1csc(C(C)C)n1)OC. The van der Waals surface area contributed by atoms with Crippen LogP contribution in [0.25, 0.3) is 0 Å². The number of thiazole rings is 1. The molecule has 0 saturated heterocycles. The summed E-state index contributed by atoms with van der Waals surface area (Å²) in [6.07, 6.45) is 0.722. The number of allylic oxidation sites excluding steroid dienone is 1. The first-order chi connectivity index (χ1) is 6.13. The Labute approximate surface area is 83.3 Å². The van der Waals surface area contributed by atoms with Gasteiger partial charge in [-0.1, -0.05) is 20.4 Å². The molecule has 0 fully saturated rings. The van der Waals surface area contributed by atoms with E-state index in [9.17, 15) is 0 Å². The van der Waals surface area contributed by atoms with Crippen LogP contribution in [0.3, 0.4) is 0 Å². The molecule has 1 aromatic heterocycles. The molecule has 3 heteroatoms. The van der Waals surface area contributed by atoms with Gasteiger partial charge in [0.1, 0.15) is 0 Å². The lowest BCUT2D eigenvalue weighted by Crippen LogP contribution is -1.93. The van der Waals surface area contributed by atoms with E-state index in [0.29, 0.717) is 5.92 Å². The molecule has 0 amide bonds. The topological polar surface area (TPSA) is 22.1 Å². The van der Waals surface area contributed by atoms with E-state index in [-0.39, 0.29) is 0 Å². The van der Waals surface area contributed by atoms with E-state index in [1.54, 1.807) is 18.4 Å². The molecule has 0 unspecified atom stereocenters. The Morgan fingerprint density at radius 2 is 2.38 bits per heavy atom. The van der Waals surface area contributed by atoms with Crippen LogP contribution in [-0.4, -0.2) is 12.1 Å². The van der Waals surface area contributed by atoms with E-state index < -0.39 is 0 Å². The summed E-state index contributed by atoms with van der Waals surface area (Å²) < 4.78 is 4.99. The minimum atomic E-state index is 0.509. The molecule has 1 aromatic rings. The molecule has 0 aliphatic carbocycles. The van der Waals surface area contributed by atoms with E-state index in [2.05, 4.69) is 30.8 Å². The van der Waals surface area contributed by atoms with Gasteiger partial charge in [0, 0.05) is 17.7 Å². The number of hydrogen-bond donors (Lipinski definition) is 0. The number of rotatable bonds is 4. The summed E-state index contributed by atoms with van der Waals surface area (Å²) in [5.41, 5.74) is 1.06. The molecule has 0 spiro atoms. The first-order valence-corrected chi connectivity index (χ1v) is 5.17. The number of aromatic nitrogens is 1. The largest absolute Gasteiger partial charge is 0.501 e. The van der Waals surface area contributed by atoms with Crippen LogP contribution in [0.4, 0.5) is 0 Å². The predicted molar refractivity (Wildman–Crippen MR) is 56.1 cm³/mol. The third kappa shape index (κ3) is 2.84. The summed E-state index contributed by atoms with van der Waals surface area (Å²) in [7, 11) is 1.64. The molecular weight excluding hydrogens is 182 g/mol. The van der Waals surface area contributed by atoms with Gasteiger partial charge < -0.3 is 4.74 Å². The fourth-order valence-electron chi connectivity index (χ4n) is 0.943. The Morgan fingerprint density at radius 3 is 2.85 bits per heavy atom. The number of ether oxygens (including phenoxy) is 1. The number of hydrogen-bond acceptors (Lipinski definition) is 3. The van der Waals surface area contributed by atoms with Crippen molar-refractivity contribution in [2.75, 3.05) is 7.11 Å². The molecule has 0 bridgehead atoms. The zero-order chi connectivity index (χ0) is 9.84. The molecule has 0 saturated carbocycles. The molecule has 2 nitrogen and oxygen atoms in total. The first-order valence-electron chi connectivity index (χ1n) is 4.29. The van der Waals surface area contributed by atoms with Gasteiger partial charge in [-0.25, -0.2) is 4.98 Å². The van der Waals surface area contributed by atoms with Crippen molar-refractivity contribution in [3.8, 4) is 0 Å². The molecule has 1 heterocycles. The van der Waals surface area contributed by atoms with Crippen molar-refractivity contribution in [3.63, 3.8) is 0 Å². The highest BCUT2D eigenvalue weighted by molar-refractivity contribution is 7.09. The van der Waals surface area contributed by atoms with Crippen molar-refractivity contribution >= 4 is 11.3 Å². The number of methoxy groups -OCH3 is 1. The van der Waals surface area contributed by atoms with Gasteiger partial charge in [-0.2, -0.15) is 0 Å². The minimum Gasteiger partial charge on any atom is -0.501 e. The summed E-state index contributed by atoms with van der Waals surface area (Å²) in [6.45, 7) is 8.06. The highest BCUT2D eigenvalue weighted by Crippen LogP contribution is 2.20. The van der Waals surface area contributed by atoms with Crippen LogP contribution in [0.2, 0.25) is 0 Å². The average molecular weight is 197 g/mol. The maximum Gasteiger partial charge on any atom is 0.0953 e. The zero-order valence-electron chi connectivity index (χ0n) is 8.33. The Balaban J connectivity index is 2.64. The van der Waals surface area contributed by atoms with Gasteiger partial charge in [0.05, 0.1) is 23.6 Å². The highest BCUT2D eigenvalue weighted by atomic mass is 32.1. The quantitative estimate of drug-likeness (QED) is 0.692. The van der Waals surface area contributed by atoms with Crippen molar-refractivity contribution in [3.05, 3.63) is 28.4 Å². The zero-order valence-corrected chi connectivity index (χ0v) is 9.15. The van der Waals surface area contributed by atoms with E-state index in [0.717, 1.165) is 17.9 Å². The van der Waals surface area contributed by atoms with Crippen molar-refractivity contribution in [1.29, 1.82) is 0 Å². The summed E-state index contributed by atoms with van der Waals surface area (Å²) in [6, 6.07) is 0. The molecular formula is C10H15NOS. The van der Waals surface area contributed by atoms with E-state index in [4.69, 9.17) is 4.74 Å². The molecule has 13 heavy (non-hydrogen) atoms. The molecule has 72 valence electrons. The molecule has 1 rings (SSSR count). The van der Waals surface area contributed by atoms with Crippen molar-refractivity contribution in [2.24, 2.45) is 0 Å². The highest BCUT2D eigenvalue weighted by Gasteiger charge is 2.06. The summed E-state index contributed by atoms with van der Waals surface area (Å²) in [4.78, 5) is 4.48. The van der Waals surface area contributed by atoms with Gasteiger partial charge in [0.2, 0.25) is 0 Å². The van der Waals surface area contributed by atoms with Crippen molar-refractivity contribution < 1.29 is 4.74 Å².